The van der Waals surface area contributed by atoms with Gasteiger partial charge in [0.15, 0.2) is 0 Å². The van der Waals surface area contributed by atoms with Crippen LogP contribution in [0.25, 0.3) is 0 Å². The maximum Gasteiger partial charge on any atom is 0.0433 e. The molecule has 0 spiro atoms. The Bertz CT molecular complexity index is 379. The van der Waals surface area contributed by atoms with Crippen molar-refractivity contribution in [1.29, 1.82) is 0 Å². The summed E-state index contributed by atoms with van der Waals surface area (Å²) in [5.74, 6) is 2.74. The third kappa shape index (κ3) is 3.66. The van der Waals surface area contributed by atoms with Gasteiger partial charge in [0.25, 0.3) is 0 Å². The summed E-state index contributed by atoms with van der Waals surface area (Å²) in [6.07, 6.45) is 7.28. The van der Waals surface area contributed by atoms with Crippen LogP contribution in [0.5, 0.6) is 0 Å². The molecule has 0 saturated heterocycles. The summed E-state index contributed by atoms with van der Waals surface area (Å²) in [5, 5.41) is 3.49. The van der Waals surface area contributed by atoms with Gasteiger partial charge in [0.2, 0.25) is 0 Å². The number of benzene rings is 1. The Morgan fingerprint density at radius 3 is 2.88 bits per heavy atom. The number of terminal acetylenes is 1. The Kier molecular flexibility index (Phi) is 5.59. The quantitative estimate of drug-likeness (QED) is 0.808. The van der Waals surface area contributed by atoms with Crippen LogP contribution in [0.15, 0.2) is 22.7 Å². The molecule has 16 heavy (non-hydrogen) atoms. The van der Waals surface area contributed by atoms with Crippen LogP contribution in [-0.2, 0) is 0 Å². The molecule has 0 aliphatic rings. The SMILES string of the molecule is C#CCC(NCCC)c1cc(Br)ccc1C. The molecule has 1 unspecified atom stereocenters. The van der Waals surface area contributed by atoms with Crippen molar-refractivity contribution in [3.63, 3.8) is 0 Å². The van der Waals surface area contributed by atoms with E-state index in [2.05, 4.69) is 59.2 Å². The van der Waals surface area contributed by atoms with Crippen LogP contribution in [0.1, 0.15) is 36.9 Å². The molecule has 86 valence electrons. The topological polar surface area (TPSA) is 12.0 Å². The molecule has 0 aliphatic carbocycles. The average molecular weight is 280 g/mol. The first-order valence-corrected chi connectivity index (χ1v) is 6.41. The molecule has 0 heterocycles. The predicted octanol–water partition coefficient (Wildman–Crippen LogP) is 3.82. The highest BCUT2D eigenvalue weighted by molar-refractivity contribution is 9.10. The van der Waals surface area contributed by atoms with Gasteiger partial charge in [0.1, 0.15) is 0 Å². The molecule has 0 aliphatic heterocycles. The van der Waals surface area contributed by atoms with E-state index in [0.29, 0.717) is 0 Å². The minimum absolute atomic E-state index is 0.266. The number of rotatable bonds is 5. The van der Waals surface area contributed by atoms with Crippen LogP contribution < -0.4 is 5.32 Å². The molecule has 0 amide bonds. The summed E-state index contributed by atoms with van der Waals surface area (Å²) in [5.41, 5.74) is 2.58. The Labute approximate surface area is 107 Å². The number of halogens is 1. The largest absolute Gasteiger partial charge is 0.309 e. The van der Waals surface area contributed by atoms with Gasteiger partial charge in [-0.25, -0.2) is 0 Å². The fourth-order valence-electron chi connectivity index (χ4n) is 1.72. The third-order valence-corrected chi connectivity index (χ3v) is 3.07. The molecular weight excluding hydrogens is 262 g/mol. The van der Waals surface area contributed by atoms with Crippen molar-refractivity contribution in [1.82, 2.24) is 5.32 Å². The summed E-state index contributed by atoms with van der Waals surface area (Å²) in [4.78, 5) is 0. The van der Waals surface area contributed by atoms with Gasteiger partial charge in [-0.1, -0.05) is 28.9 Å². The Hall–Kier alpha value is -0.780. The van der Waals surface area contributed by atoms with E-state index in [9.17, 15) is 0 Å². The van der Waals surface area contributed by atoms with Crippen LogP contribution in [0, 0.1) is 19.3 Å². The number of nitrogens with one attached hydrogen (secondary N) is 1. The summed E-state index contributed by atoms with van der Waals surface area (Å²) in [7, 11) is 0. The van der Waals surface area contributed by atoms with E-state index in [1.165, 1.54) is 11.1 Å². The van der Waals surface area contributed by atoms with Gasteiger partial charge >= 0.3 is 0 Å². The van der Waals surface area contributed by atoms with E-state index in [-0.39, 0.29) is 6.04 Å². The highest BCUT2D eigenvalue weighted by atomic mass is 79.9. The maximum atomic E-state index is 5.42. The lowest BCUT2D eigenvalue weighted by Gasteiger charge is -2.19. The van der Waals surface area contributed by atoms with Crippen LogP contribution in [0.2, 0.25) is 0 Å². The van der Waals surface area contributed by atoms with Gasteiger partial charge in [-0.3, -0.25) is 0 Å². The molecule has 1 atom stereocenters. The Morgan fingerprint density at radius 1 is 1.50 bits per heavy atom. The molecule has 1 aromatic rings. The van der Waals surface area contributed by atoms with E-state index in [4.69, 9.17) is 6.42 Å². The first-order chi connectivity index (χ1) is 7.69. The first-order valence-electron chi connectivity index (χ1n) is 5.62. The summed E-state index contributed by atoms with van der Waals surface area (Å²) < 4.78 is 1.11. The molecule has 0 bridgehead atoms. The smallest absolute Gasteiger partial charge is 0.0433 e. The molecule has 2 heteroatoms. The molecule has 1 rings (SSSR count). The van der Waals surface area contributed by atoms with Gasteiger partial charge in [0.05, 0.1) is 0 Å². The number of aryl methyl sites for hydroxylation is 1. The van der Waals surface area contributed by atoms with Crippen molar-refractivity contribution in [3.05, 3.63) is 33.8 Å². The standard InChI is InChI=1S/C14H18BrN/c1-4-6-14(16-9-5-2)13-10-12(15)8-7-11(13)3/h1,7-8,10,14,16H,5-6,9H2,2-3H3. The summed E-state index contributed by atoms with van der Waals surface area (Å²) in [6.45, 7) is 5.28. The lowest BCUT2D eigenvalue weighted by atomic mass is 9.99. The van der Waals surface area contributed by atoms with Gasteiger partial charge in [-0.15, -0.1) is 12.3 Å². The van der Waals surface area contributed by atoms with E-state index in [0.717, 1.165) is 23.9 Å². The lowest BCUT2D eigenvalue weighted by molar-refractivity contribution is 0.540. The van der Waals surface area contributed by atoms with E-state index < -0.39 is 0 Å². The molecule has 1 aromatic carbocycles. The minimum Gasteiger partial charge on any atom is -0.309 e. The second kappa shape index (κ2) is 6.73. The Morgan fingerprint density at radius 2 is 2.25 bits per heavy atom. The summed E-state index contributed by atoms with van der Waals surface area (Å²) in [6, 6.07) is 6.60. The lowest BCUT2D eigenvalue weighted by Crippen LogP contribution is -2.22. The van der Waals surface area contributed by atoms with E-state index >= 15 is 0 Å². The van der Waals surface area contributed by atoms with Crippen LogP contribution in [0.4, 0.5) is 0 Å². The van der Waals surface area contributed by atoms with Gasteiger partial charge in [-0.05, 0) is 43.1 Å². The predicted molar refractivity (Wildman–Crippen MR) is 73.4 cm³/mol. The Balaban J connectivity index is 2.91. The van der Waals surface area contributed by atoms with Crippen molar-refractivity contribution < 1.29 is 0 Å². The fraction of sp³-hybridized carbons (Fsp3) is 0.429. The zero-order valence-electron chi connectivity index (χ0n) is 9.89. The zero-order valence-corrected chi connectivity index (χ0v) is 11.5. The van der Waals surface area contributed by atoms with E-state index in [1.807, 2.05) is 0 Å². The average Bonchev–Trinajstić information content (AvgIpc) is 2.28. The second-order valence-electron chi connectivity index (χ2n) is 3.92. The minimum atomic E-state index is 0.266. The van der Waals surface area contributed by atoms with Crippen molar-refractivity contribution in [2.75, 3.05) is 6.54 Å². The van der Waals surface area contributed by atoms with Crippen molar-refractivity contribution in [3.8, 4) is 12.3 Å². The zero-order chi connectivity index (χ0) is 12.0. The number of hydrogen-bond acceptors (Lipinski definition) is 1. The van der Waals surface area contributed by atoms with Crippen LogP contribution in [0.3, 0.4) is 0 Å². The fourth-order valence-corrected chi connectivity index (χ4v) is 2.09. The normalized spacial score (nSPS) is 12.1. The first kappa shape index (κ1) is 13.3. The van der Waals surface area contributed by atoms with Gasteiger partial charge in [0, 0.05) is 16.9 Å². The molecule has 1 nitrogen and oxygen atoms in total. The van der Waals surface area contributed by atoms with E-state index in [1.54, 1.807) is 0 Å². The molecule has 0 saturated carbocycles. The monoisotopic (exact) mass is 279 g/mol. The summed E-state index contributed by atoms with van der Waals surface area (Å²) >= 11 is 3.50. The third-order valence-electron chi connectivity index (χ3n) is 2.58. The highest BCUT2D eigenvalue weighted by Crippen LogP contribution is 2.24. The van der Waals surface area contributed by atoms with Crippen molar-refractivity contribution in [2.24, 2.45) is 0 Å². The molecular formula is C14H18BrN. The van der Waals surface area contributed by atoms with Gasteiger partial charge in [-0.2, -0.15) is 0 Å². The van der Waals surface area contributed by atoms with Gasteiger partial charge < -0.3 is 5.32 Å². The van der Waals surface area contributed by atoms with Crippen LogP contribution >= 0.6 is 15.9 Å². The number of hydrogen-bond donors (Lipinski definition) is 1. The molecule has 0 fully saturated rings. The van der Waals surface area contributed by atoms with Crippen molar-refractivity contribution >= 4 is 15.9 Å². The molecule has 1 N–H and O–H groups in total. The molecule has 0 radical (unpaired) electrons. The highest BCUT2D eigenvalue weighted by Gasteiger charge is 2.11. The molecule has 0 aromatic heterocycles. The van der Waals surface area contributed by atoms with Crippen LogP contribution in [-0.4, -0.2) is 6.54 Å². The maximum absolute atomic E-state index is 5.42. The second-order valence-corrected chi connectivity index (χ2v) is 4.83. The van der Waals surface area contributed by atoms with Crippen molar-refractivity contribution in [2.45, 2.75) is 32.7 Å².